The first kappa shape index (κ1) is 18.9. The summed E-state index contributed by atoms with van der Waals surface area (Å²) in [7, 11) is 0. The van der Waals surface area contributed by atoms with E-state index in [2.05, 4.69) is 15.4 Å². The molecular weight excluding hydrogens is 344 g/mol. The summed E-state index contributed by atoms with van der Waals surface area (Å²) in [6.07, 6.45) is 0. The molecule has 0 bridgehead atoms. The van der Waals surface area contributed by atoms with Crippen molar-refractivity contribution in [3.63, 3.8) is 0 Å². The Kier molecular flexibility index (Phi) is 5.16. The monoisotopic (exact) mass is 370 g/mol. The molecule has 0 saturated heterocycles. The molecule has 2 aromatic rings. The van der Waals surface area contributed by atoms with E-state index < -0.39 is 5.91 Å². The van der Waals surface area contributed by atoms with Gasteiger partial charge in [0, 0.05) is 18.2 Å². The number of hydrogen-bond acceptors (Lipinski definition) is 5. The van der Waals surface area contributed by atoms with Gasteiger partial charge in [0.25, 0.3) is 5.91 Å². The van der Waals surface area contributed by atoms with Crippen LogP contribution in [0.2, 0.25) is 0 Å². The number of nitrogens with zero attached hydrogens (tertiary/aromatic N) is 4. The Hall–Kier alpha value is -2.90. The summed E-state index contributed by atoms with van der Waals surface area (Å²) in [6, 6.07) is 3.73. The van der Waals surface area contributed by atoms with E-state index in [9.17, 15) is 9.59 Å². The van der Waals surface area contributed by atoms with Gasteiger partial charge in [0.15, 0.2) is 0 Å². The van der Waals surface area contributed by atoms with Gasteiger partial charge in [-0.15, -0.1) is 0 Å². The number of hydrogen-bond donors (Lipinski definition) is 2. The summed E-state index contributed by atoms with van der Waals surface area (Å²) >= 11 is 0. The minimum Gasteiger partial charge on any atom is -0.365 e. The molecule has 1 aliphatic rings. The number of pyridine rings is 1. The summed E-state index contributed by atoms with van der Waals surface area (Å²) in [4.78, 5) is 30.2. The number of amides is 2. The van der Waals surface area contributed by atoms with E-state index in [4.69, 9.17) is 5.73 Å². The third kappa shape index (κ3) is 3.94. The molecule has 2 aromatic heterocycles. The van der Waals surface area contributed by atoms with Crippen molar-refractivity contribution in [1.29, 1.82) is 0 Å². The van der Waals surface area contributed by atoms with E-state index in [0.29, 0.717) is 37.6 Å². The topological polar surface area (TPSA) is 106 Å². The Balaban J connectivity index is 1.74. The number of nitrogens with two attached hydrogens (primary N) is 1. The number of aryl methyl sites for hydroxylation is 2. The van der Waals surface area contributed by atoms with Crippen molar-refractivity contribution in [3.8, 4) is 0 Å². The minimum atomic E-state index is -0.514. The first-order valence-electron chi connectivity index (χ1n) is 9.12. The molecule has 0 radical (unpaired) electrons. The molecule has 8 heteroatoms. The highest BCUT2D eigenvalue weighted by Gasteiger charge is 2.24. The molecule has 0 spiro atoms. The molecular formula is C19H26N6O2. The molecule has 3 N–H and O–H groups in total. The van der Waals surface area contributed by atoms with Gasteiger partial charge in [-0.25, -0.2) is 4.98 Å². The predicted molar refractivity (Wildman–Crippen MR) is 102 cm³/mol. The zero-order valence-corrected chi connectivity index (χ0v) is 16.2. The van der Waals surface area contributed by atoms with Crippen molar-refractivity contribution in [2.45, 2.75) is 47.3 Å². The van der Waals surface area contributed by atoms with Gasteiger partial charge in [0.05, 0.1) is 36.6 Å². The molecule has 144 valence electrons. The molecule has 27 heavy (non-hydrogen) atoms. The van der Waals surface area contributed by atoms with E-state index in [1.54, 1.807) is 6.07 Å². The average molecular weight is 370 g/mol. The normalized spacial score (nSPS) is 13.6. The molecule has 3 heterocycles. The van der Waals surface area contributed by atoms with Crippen LogP contribution in [0.5, 0.6) is 0 Å². The molecule has 0 atom stereocenters. The van der Waals surface area contributed by atoms with Gasteiger partial charge in [-0.1, -0.05) is 13.8 Å². The third-order valence-corrected chi connectivity index (χ3v) is 4.82. The summed E-state index contributed by atoms with van der Waals surface area (Å²) in [5, 5.41) is 7.76. The van der Waals surface area contributed by atoms with Crippen LogP contribution in [-0.2, 0) is 24.4 Å². The van der Waals surface area contributed by atoms with Gasteiger partial charge >= 0.3 is 0 Å². The first-order chi connectivity index (χ1) is 12.8. The standard InChI is InChI=1S/C19H26N6O2/c1-11(2)19(27)24-5-6-25-15(10-24)8-14(23-25)9-21-18-16(17(20)26)7-12(3)13(4)22-18/h7-8,11H,5-6,9-10H2,1-4H3,(H2,20,26)(H,21,22). The number of primary amides is 1. The molecule has 0 aromatic carbocycles. The number of aromatic nitrogens is 3. The minimum absolute atomic E-state index is 0.0105. The Morgan fingerprint density at radius 2 is 2.00 bits per heavy atom. The summed E-state index contributed by atoms with van der Waals surface area (Å²) < 4.78 is 1.93. The van der Waals surface area contributed by atoms with Crippen LogP contribution in [0, 0.1) is 19.8 Å². The number of anilines is 1. The van der Waals surface area contributed by atoms with E-state index in [0.717, 1.165) is 22.6 Å². The largest absolute Gasteiger partial charge is 0.365 e. The quantitative estimate of drug-likeness (QED) is 0.831. The van der Waals surface area contributed by atoms with Crippen molar-refractivity contribution in [1.82, 2.24) is 19.7 Å². The predicted octanol–water partition coefficient (Wildman–Crippen LogP) is 1.60. The van der Waals surface area contributed by atoms with E-state index in [1.807, 2.05) is 43.3 Å². The van der Waals surface area contributed by atoms with Gasteiger partial charge in [-0.3, -0.25) is 14.3 Å². The van der Waals surface area contributed by atoms with Crippen molar-refractivity contribution < 1.29 is 9.59 Å². The smallest absolute Gasteiger partial charge is 0.252 e. The lowest BCUT2D eigenvalue weighted by atomic mass is 10.1. The highest BCUT2D eigenvalue weighted by molar-refractivity contribution is 5.97. The number of fused-ring (bicyclic) bond motifs is 1. The SMILES string of the molecule is Cc1cc(C(N)=O)c(NCc2cc3n(n2)CCN(C(=O)C(C)C)C3)nc1C. The van der Waals surface area contributed by atoms with Crippen molar-refractivity contribution >= 4 is 17.6 Å². The number of carbonyl (C=O) groups is 2. The second-order valence-electron chi connectivity index (χ2n) is 7.27. The zero-order chi connectivity index (χ0) is 19.7. The van der Waals surface area contributed by atoms with E-state index in [1.165, 1.54) is 0 Å². The highest BCUT2D eigenvalue weighted by atomic mass is 16.2. The fourth-order valence-corrected chi connectivity index (χ4v) is 3.17. The second-order valence-corrected chi connectivity index (χ2v) is 7.27. The van der Waals surface area contributed by atoms with Crippen LogP contribution >= 0.6 is 0 Å². The molecule has 0 saturated carbocycles. The lowest BCUT2D eigenvalue weighted by Gasteiger charge is -2.29. The lowest BCUT2D eigenvalue weighted by Crippen LogP contribution is -2.40. The van der Waals surface area contributed by atoms with Crippen LogP contribution in [0.3, 0.4) is 0 Å². The van der Waals surface area contributed by atoms with Crippen LogP contribution < -0.4 is 11.1 Å². The van der Waals surface area contributed by atoms with Gasteiger partial charge in [0.1, 0.15) is 5.82 Å². The number of nitrogens with one attached hydrogen (secondary N) is 1. The molecule has 0 fully saturated rings. The molecule has 3 rings (SSSR count). The third-order valence-electron chi connectivity index (χ3n) is 4.82. The maximum Gasteiger partial charge on any atom is 0.252 e. The maximum absolute atomic E-state index is 12.2. The lowest BCUT2D eigenvalue weighted by molar-refractivity contribution is -0.136. The van der Waals surface area contributed by atoms with Crippen molar-refractivity contribution in [2.24, 2.45) is 11.7 Å². The van der Waals surface area contributed by atoms with Gasteiger partial charge in [-0.2, -0.15) is 5.10 Å². The van der Waals surface area contributed by atoms with Crippen molar-refractivity contribution in [3.05, 3.63) is 40.3 Å². The molecule has 8 nitrogen and oxygen atoms in total. The molecule has 2 amide bonds. The summed E-state index contributed by atoms with van der Waals surface area (Å²) in [6.45, 7) is 9.96. The maximum atomic E-state index is 12.2. The Bertz CT molecular complexity index is 887. The van der Waals surface area contributed by atoms with Gasteiger partial charge < -0.3 is 16.0 Å². The fourth-order valence-electron chi connectivity index (χ4n) is 3.17. The molecule has 1 aliphatic heterocycles. The van der Waals surface area contributed by atoms with Crippen LogP contribution in [0.1, 0.15) is 46.9 Å². The highest BCUT2D eigenvalue weighted by Crippen LogP contribution is 2.19. The Morgan fingerprint density at radius 1 is 1.26 bits per heavy atom. The first-order valence-corrected chi connectivity index (χ1v) is 9.12. The second kappa shape index (κ2) is 7.38. The molecule has 0 unspecified atom stereocenters. The van der Waals surface area contributed by atoms with Crippen LogP contribution in [0.25, 0.3) is 0 Å². The fraction of sp³-hybridized carbons (Fsp3) is 0.474. The summed E-state index contributed by atoms with van der Waals surface area (Å²) in [5.74, 6) is 0.101. The Labute approximate surface area is 158 Å². The van der Waals surface area contributed by atoms with Gasteiger partial charge in [-0.05, 0) is 31.5 Å². The van der Waals surface area contributed by atoms with Crippen molar-refractivity contribution in [2.75, 3.05) is 11.9 Å². The van der Waals surface area contributed by atoms with E-state index in [-0.39, 0.29) is 11.8 Å². The Morgan fingerprint density at radius 3 is 2.67 bits per heavy atom. The number of rotatable bonds is 5. The number of carbonyl (C=O) groups excluding carboxylic acids is 2. The van der Waals surface area contributed by atoms with Crippen LogP contribution in [0.4, 0.5) is 5.82 Å². The van der Waals surface area contributed by atoms with E-state index >= 15 is 0 Å². The summed E-state index contributed by atoms with van der Waals surface area (Å²) in [5.41, 5.74) is 9.45. The van der Waals surface area contributed by atoms with Crippen LogP contribution in [0.15, 0.2) is 12.1 Å². The zero-order valence-electron chi connectivity index (χ0n) is 16.2. The molecule has 0 aliphatic carbocycles. The average Bonchev–Trinajstić information content (AvgIpc) is 3.03. The van der Waals surface area contributed by atoms with Gasteiger partial charge in [0.2, 0.25) is 5.91 Å². The van der Waals surface area contributed by atoms with Crippen LogP contribution in [-0.4, -0.2) is 38.0 Å².